The highest BCUT2D eigenvalue weighted by atomic mass is 32.2. The van der Waals surface area contributed by atoms with Crippen molar-refractivity contribution in [3.63, 3.8) is 0 Å². The number of carbonyl (C=O) groups is 3. The van der Waals surface area contributed by atoms with Crippen LogP contribution in [-0.4, -0.2) is 226 Å². The summed E-state index contributed by atoms with van der Waals surface area (Å²) in [5.41, 5.74) is 80.1. The number of carbonyl (C=O) groups excluding carboxylic acids is 2. The summed E-state index contributed by atoms with van der Waals surface area (Å²) >= 11 is 54.5. The molecule has 0 aliphatic carbocycles. The van der Waals surface area contributed by atoms with Gasteiger partial charge in [0, 0.05) is 184 Å². The molecule has 0 aromatic carbocycles. The number of hydrogen-bond donors (Lipinski definition) is 35. The Morgan fingerprint density at radius 3 is 0.768 bits per heavy atom. The summed E-state index contributed by atoms with van der Waals surface area (Å²) < 4.78 is 0. The minimum absolute atomic E-state index is 0.0612. The SMILES string of the molecule is CSCC(NCNC(=O)C(N)CCCCCC(N)=O)C(=O)O.N=P.N=P.NCCS.NCCS.NCCS.NCCS.NCCS.NCCS.NCCS.NCCS.NCCS.NCCS.NCCS.NCCS.NCCS.NCCS. The quantitative estimate of drug-likeness (QED) is 0.0208. The lowest BCUT2D eigenvalue weighted by Gasteiger charge is -2.16. The van der Waals surface area contributed by atoms with Crippen LogP contribution >= 0.6 is 207 Å². The molecule has 0 bridgehead atoms. The Balaban J connectivity index is -0.0000000396. The molecule has 0 aromatic heterocycles. The zero-order chi connectivity index (χ0) is 68.8. The molecule has 82 heavy (non-hydrogen) atoms. The minimum atomic E-state index is -0.956. The molecule has 0 saturated heterocycles. The smallest absolute Gasteiger partial charge is 0.321 e. The fourth-order valence-electron chi connectivity index (χ4n) is 1.75. The van der Waals surface area contributed by atoms with Crippen molar-refractivity contribution in [1.82, 2.24) is 10.6 Å². The maximum Gasteiger partial charge on any atom is 0.321 e. The Labute approximate surface area is 586 Å². The third-order valence-electron chi connectivity index (χ3n) is 4.82. The second-order valence-corrected chi connectivity index (χ2v) is 19.3. The second-order valence-electron chi connectivity index (χ2n) is 12.1. The summed E-state index contributed by atoms with van der Waals surface area (Å²) in [4.78, 5) is 33.2. The lowest BCUT2D eigenvalue weighted by atomic mass is 10.1. The topological polar surface area (TPSA) is 560 Å². The molecule has 2 amide bonds. The van der Waals surface area contributed by atoms with E-state index in [0.29, 0.717) is 117 Å². The van der Waals surface area contributed by atoms with Gasteiger partial charge in [0.15, 0.2) is 0 Å². The monoisotopic (exact) mass is 1510 g/mol. The van der Waals surface area contributed by atoms with Crippen LogP contribution in [0.3, 0.4) is 0 Å². The normalized spacial score (nSPS) is 8.80. The molecule has 37 N–H and O–H groups in total. The summed E-state index contributed by atoms with van der Waals surface area (Å²) in [5, 5.41) is 25.3. The van der Waals surface area contributed by atoms with E-state index in [9.17, 15) is 14.4 Å². The molecule has 41 heteroatoms. The first kappa shape index (κ1) is 130. The van der Waals surface area contributed by atoms with E-state index in [4.69, 9.17) is 107 Å². The number of amides is 2. The molecule has 0 saturated carbocycles. The lowest BCUT2D eigenvalue weighted by Crippen LogP contribution is -2.48. The zero-order valence-electron chi connectivity index (χ0n) is 49.0. The highest BCUT2D eigenvalue weighted by Gasteiger charge is 2.17. The van der Waals surface area contributed by atoms with Crippen molar-refractivity contribution < 1.29 is 19.5 Å². The molecule has 0 aliphatic rings. The van der Waals surface area contributed by atoms with Crippen LogP contribution in [0.1, 0.15) is 32.1 Å². The Kier molecular flexibility index (Phi) is 292. The molecule has 2 unspecified atom stereocenters. The molecule has 0 aromatic rings. The van der Waals surface area contributed by atoms with Crippen molar-refractivity contribution in [2.45, 2.75) is 44.2 Å². The molecule has 24 nitrogen and oxygen atoms in total. The molecule has 2 atom stereocenters. The minimum Gasteiger partial charge on any atom is -0.480 e. The van der Waals surface area contributed by atoms with Crippen LogP contribution in [0.15, 0.2) is 0 Å². The van der Waals surface area contributed by atoms with E-state index in [-0.39, 0.29) is 18.5 Å². The van der Waals surface area contributed by atoms with E-state index in [1.165, 1.54) is 11.8 Å². The van der Waals surface area contributed by atoms with Gasteiger partial charge >= 0.3 is 5.97 Å². The largest absolute Gasteiger partial charge is 0.480 e. The number of nitrogens with two attached hydrogens (primary N) is 16. The zero-order valence-corrected chi connectivity index (χ0v) is 64.3. The molecular weight excluding hydrogens is 1380 g/mol. The van der Waals surface area contributed by atoms with Crippen molar-refractivity contribution in [1.29, 1.82) is 10.3 Å². The van der Waals surface area contributed by atoms with Gasteiger partial charge in [-0.3, -0.25) is 30.0 Å². The maximum atomic E-state index is 11.7. The van der Waals surface area contributed by atoms with Crippen molar-refractivity contribution in [3.05, 3.63) is 0 Å². The molecule has 0 spiro atoms. The summed E-state index contributed by atoms with van der Waals surface area (Å²) in [6.45, 7) is 9.63. The van der Waals surface area contributed by atoms with Crippen LogP contribution in [0.2, 0.25) is 0 Å². The van der Waals surface area contributed by atoms with E-state index < -0.39 is 18.1 Å². The Morgan fingerprint density at radius 2 is 0.622 bits per heavy atom. The van der Waals surface area contributed by atoms with Gasteiger partial charge in [0.05, 0.1) is 12.7 Å². The van der Waals surface area contributed by atoms with Crippen molar-refractivity contribution in [2.24, 2.45) is 91.7 Å². The van der Waals surface area contributed by atoms with Gasteiger partial charge in [0.25, 0.3) is 0 Å². The van der Waals surface area contributed by atoms with E-state index >= 15 is 0 Å². The molecule has 0 heterocycles. The first-order chi connectivity index (χ1) is 39.2. The van der Waals surface area contributed by atoms with E-state index in [1.54, 1.807) is 0 Å². The molecule has 0 aliphatic heterocycles. The number of nitrogens with one attached hydrogen (secondary N) is 4. The van der Waals surface area contributed by atoms with Gasteiger partial charge in [-0.25, -0.2) is 0 Å². The number of thioether (sulfide) groups is 1. The van der Waals surface area contributed by atoms with Gasteiger partial charge in [0.1, 0.15) is 6.04 Å². The van der Waals surface area contributed by atoms with Crippen LogP contribution in [0.25, 0.3) is 0 Å². The predicted octanol–water partition coefficient (Wildman–Crippen LogP) is -0.739. The number of primary amides is 1. The van der Waals surface area contributed by atoms with Gasteiger partial charge in [-0.1, -0.05) is 12.8 Å². The lowest BCUT2D eigenvalue weighted by molar-refractivity contribution is -0.139. The summed E-state index contributed by atoms with van der Waals surface area (Å²) in [6.07, 6.45) is 4.89. The van der Waals surface area contributed by atoms with Crippen LogP contribution in [-0.2, 0) is 14.4 Å². The average molecular weight is 1510 g/mol. The Hall–Kier alpha value is 3.22. The van der Waals surface area contributed by atoms with E-state index in [2.05, 4.69) is 206 Å². The van der Waals surface area contributed by atoms with Gasteiger partial charge in [-0.15, -0.1) is 0 Å². The highest BCUT2D eigenvalue weighted by molar-refractivity contribution is 7.98. The van der Waals surface area contributed by atoms with Crippen LogP contribution in [0, 0.1) is 10.3 Å². The number of unbranched alkanes of at least 4 members (excludes halogenated alkanes) is 2. The van der Waals surface area contributed by atoms with Gasteiger partial charge in [0.2, 0.25) is 11.8 Å². The summed E-state index contributed by atoms with van der Waals surface area (Å²) in [7, 11) is 4.44. The molecule has 0 rings (SSSR count). The summed E-state index contributed by atoms with van der Waals surface area (Å²) in [5.74, 6) is 9.89. The number of aliphatic carboxylic acids is 1. The van der Waals surface area contributed by atoms with Crippen LogP contribution < -0.4 is 102 Å². The Bertz CT molecular complexity index is 766. The van der Waals surface area contributed by atoms with Crippen LogP contribution in [0.4, 0.5) is 0 Å². The van der Waals surface area contributed by atoms with Crippen LogP contribution in [0.5, 0.6) is 0 Å². The van der Waals surface area contributed by atoms with Gasteiger partial charge in [-0.2, -0.15) is 189 Å². The maximum absolute atomic E-state index is 11.7. The predicted molar refractivity (Wildman–Crippen MR) is 429 cm³/mol. The average Bonchev–Trinajstić information content (AvgIpc) is 3.53. The number of hydrogen-bond acceptors (Lipinski definition) is 36. The fourth-order valence-corrected chi connectivity index (χ4v) is 2.34. The number of carboxylic acid groups (broad SMARTS) is 1. The number of carboxylic acids is 1. The van der Waals surface area contributed by atoms with E-state index in [0.717, 1.165) is 93.4 Å². The molecular formula is C41H128N20O4P2S15. The van der Waals surface area contributed by atoms with Crippen molar-refractivity contribution >= 4 is 224 Å². The standard InChI is InChI=1S/C13H26N4O4S.14C2H7NS.2H2NP/c1-22-7-10(13(20)21)16-8-17-12(19)9(14)5-3-2-4-6-11(15)18;14*3-1-2-4;2*1-2/h9-10,16H,2-8,14H2,1H3,(H2,15,18)(H,17,19)(H,20,21);14*4H,1-3H2;2*1-2H. The first-order valence-electron chi connectivity index (χ1n) is 24.8. The third kappa shape index (κ3) is 316. The van der Waals surface area contributed by atoms with Crippen molar-refractivity contribution in [2.75, 3.05) is 191 Å². The molecule has 0 radical (unpaired) electrons. The van der Waals surface area contributed by atoms with Gasteiger partial charge < -0.3 is 102 Å². The highest BCUT2D eigenvalue weighted by Crippen LogP contribution is 2.04. The number of thiol groups is 14. The van der Waals surface area contributed by atoms with Crippen molar-refractivity contribution in [3.8, 4) is 0 Å². The third-order valence-corrected chi connectivity index (χ3v) is 9.11. The second kappa shape index (κ2) is 185. The molecule has 0 fully saturated rings. The number of rotatable bonds is 27. The first-order valence-corrected chi connectivity index (χ1v) is 36.0. The van der Waals surface area contributed by atoms with E-state index in [1.807, 2.05) is 6.26 Å². The fraction of sp³-hybridized carbons (Fsp3) is 0.927. The molecule has 516 valence electrons. The summed E-state index contributed by atoms with van der Waals surface area (Å²) in [6, 6.07) is -1.35. The van der Waals surface area contributed by atoms with Gasteiger partial charge in [-0.05, 0) is 37.2 Å². The Morgan fingerprint density at radius 1 is 0.427 bits per heavy atom.